The van der Waals surface area contributed by atoms with E-state index < -0.39 is 0 Å². The first kappa shape index (κ1) is 12.5. The number of nitrogens with zero attached hydrogens (tertiary/aromatic N) is 2. The Morgan fingerprint density at radius 3 is 2.60 bits per heavy atom. The molecule has 0 unspecified atom stereocenters. The Hall–Kier alpha value is -0.610. The van der Waals surface area contributed by atoms with Crippen molar-refractivity contribution in [3.63, 3.8) is 0 Å². The molecule has 0 atom stereocenters. The van der Waals surface area contributed by atoms with Crippen molar-refractivity contribution in [1.29, 1.82) is 0 Å². The Labute approximate surface area is 96.5 Å². The van der Waals surface area contributed by atoms with E-state index in [1.54, 1.807) is 11.3 Å². The van der Waals surface area contributed by atoms with Gasteiger partial charge in [0.1, 0.15) is 0 Å². The van der Waals surface area contributed by atoms with Crippen molar-refractivity contribution in [2.75, 3.05) is 31.5 Å². The third-order valence-corrected chi connectivity index (χ3v) is 3.60. The molecule has 15 heavy (non-hydrogen) atoms. The van der Waals surface area contributed by atoms with Gasteiger partial charge in [0.15, 0.2) is 5.13 Å². The monoisotopic (exact) mass is 227 g/mol. The average Bonchev–Trinajstić information content (AvgIpc) is 2.72. The van der Waals surface area contributed by atoms with E-state index in [2.05, 4.69) is 36.0 Å². The highest BCUT2D eigenvalue weighted by atomic mass is 32.1. The molecule has 1 aromatic heterocycles. The topological polar surface area (TPSA) is 28.2 Å². The number of aryl methyl sites for hydroxylation is 1. The van der Waals surface area contributed by atoms with Crippen LogP contribution < -0.4 is 5.32 Å². The first-order chi connectivity index (χ1) is 7.30. The van der Waals surface area contributed by atoms with Gasteiger partial charge in [0.25, 0.3) is 0 Å². The number of anilines is 1. The van der Waals surface area contributed by atoms with Crippen LogP contribution in [0.1, 0.15) is 25.6 Å². The largest absolute Gasteiger partial charge is 0.360 e. The molecule has 0 spiro atoms. The molecule has 1 rings (SSSR count). The molecule has 0 radical (unpaired) electrons. The Morgan fingerprint density at radius 2 is 2.07 bits per heavy atom. The van der Waals surface area contributed by atoms with Gasteiger partial charge in [-0.2, -0.15) is 0 Å². The van der Waals surface area contributed by atoms with Crippen molar-refractivity contribution in [1.82, 2.24) is 9.88 Å². The molecule has 0 bridgehead atoms. The lowest BCUT2D eigenvalue weighted by molar-refractivity contribution is 0.316. The fourth-order valence-corrected chi connectivity index (χ4v) is 2.19. The quantitative estimate of drug-likeness (QED) is 0.775. The van der Waals surface area contributed by atoms with E-state index in [0.717, 1.165) is 37.7 Å². The summed E-state index contributed by atoms with van der Waals surface area (Å²) in [5, 5.41) is 4.42. The number of aromatic nitrogens is 1. The molecule has 1 heterocycles. The number of likely N-dealkylation sites (N-methyl/N-ethyl adjacent to an activating group) is 1. The average molecular weight is 227 g/mol. The minimum absolute atomic E-state index is 0.984. The zero-order valence-electron chi connectivity index (χ0n) is 9.92. The Bertz CT molecular complexity index is 269. The molecule has 0 saturated heterocycles. The van der Waals surface area contributed by atoms with Crippen molar-refractivity contribution in [3.05, 3.63) is 11.1 Å². The molecule has 0 aliphatic carbocycles. The molecule has 0 fully saturated rings. The zero-order valence-corrected chi connectivity index (χ0v) is 10.7. The third kappa shape index (κ3) is 4.18. The molecule has 0 aromatic carbocycles. The minimum atomic E-state index is 0.984. The number of hydrogen-bond donors (Lipinski definition) is 1. The van der Waals surface area contributed by atoms with E-state index >= 15 is 0 Å². The summed E-state index contributed by atoms with van der Waals surface area (Å²) in [6, 6.07) is 0. The second-order valence-electron chi connectivity index (χ2n) is 3.44. The lowest BCUT2D eigenvalue weighted by Crippen LogP contribution is -2.28. The number of hydrogen-bond acceptors (Lipinski definition) is 4. The van der Waals surface area contributed by atoms with Crippen molar-refractivity contribution >= 4 is 16.5 Å². The van der Waals surface area contributed by atoms with E-state index in [1.165, 1.54) is 4.88 Å². The van der Waals surface area contributed by atoms with Gasteiger partial charge in [-0.1, -0.05) is 20.8 Å². The molecule has 1 N–H and O–H groups in total. The number of thiazole rings is 1. The molecule has 3 nitrogen and oxygen atoms in total. The fourth-order valence-electron chi connectivity index (χ4n) is 1.41. The van der Waals surface area contributed by atoms with Crippen molar-refractivity contribution in [2.24, 2.45) is 0 Å². The molecule has 0 amide bonds. The van der Waals surface area contributed by atoms with Crippen molar-refractivity contribution in [3.8, 4) is 0 Å². The van der Waals surface area contributed by atoms with Crippen LogP contribution >= 0.6 is 11.3 Å². The van der Waals surface area contributed by atoms with Crippen LogP contribution in [-0.4, -0.2) is 36.1 Å². The van der Waals surface area contributed by atoms with Crippen molar-refractivity contribution < 1.29 is 0 Å². The summed E-state index contributed by atoms with van der Waals surface area (Å²) in [6.07, 6.45) is 3.04. The van der Waals surface area contributed by atoms with Crippen LogP contribution in [0, 0.1) is 0 Å². The standard InChI is InChI=1S/C11H21N3S/c1-4-10-9-13-11(15-10)12-7-8-14(5-2)6-3/h9H,4-8H2,1-3H3,(H,12,13). The van der Waals surface area contributed by atoms with Gasteiger partial charge in [-0.05, 0) is 19.5 Å². The lowest BCUT2D eigenvalue weighted by atomic mass is 10.4. The SMILES string of the molecule is CCc1cnc(NCCN(CC)CC)s1. The molecule has 0 saturated carbocycles. The smallest absolute Gasteiger partial charge is 0.182 e. The summed E-state index contributed by atoms with van der Waals surface area (Å²) >= 11 is 1.76. The van der Waals surface area contributed by atoms with E-state index in [0.29, 0.717) is 0 Å². The van der Waals surface area contributed by atoms with Gasteiger partial charge in [-0.25, -0.2) is 4.98 Å². The molecule has 0 aliphatic heterocycles. The van der Waals surface area contributed by atoms with Gasteiger partial charge in [0.2, 0.25) is 0 Å². The molecule has 86 valence electrons. The van der Waals surface area contributed by atoms with E-state index in [9.17, 15) is 0 Å². The number of rotatable bonds is 7. The van der Waals surface area contributed by atoms with Crippen LogP contribution in [0.5, 0.6) is 0 Å². The maximum Gasteiger partial charge on any atom is 0.182 e. The maximum atomic E-state index is 4.32. The highest BCUT2D eigenvalue weighted by molar-refractivity contribution is 7.15. The number of nitrogens with one attached hydrogen (secondary N) is 1. The predicted octanol–water partition coefficient (Wildman–Crippen LogP) is 2.46. The Balaban J connectivity index is 2.25. The Morgan fingerprint density at radius 1 is 1.33 bits per heavy atom. The summed E-state index contributed by atoms with van der Waals surface area (Å²) in [5.74, 6) is 0. The highest BCUT2D eigenvalue weighted by Gasteiger charge is 2.01. The van der Waals surface area contributed by atoms with Gasteiger partial charge >= 0.3 is 0 Å². The van der Waals surface area contributed by atoms with Crippen LogP contribution in [0.25, 0.3) is 0 Å². The zero-order chi connectivity index (χ0) is 11.1. The summed E-state index contributed by atoms with van der Waals surface area (Å²) in [7, 11) is 0. The third-order valence-electron chi connectivity index (χ3n) is 2.50. The van der Waals surface area contributed by atoms with E-state index in [1.807, 2.05) is 6.20 Å². The molecule has 0 aliphatic rings. The molecule has 1 aromatic rings. The van der Waals surface area contributed by atoms with Crippen LogP contribution in [-0.2, 0) is 6.42 Å². The normalized spacial score (nSPS) is 10.9. The van der Waals surface area contributed by atoms with E-state index in [-0.39, 0.29) is 0 Å². The predicted molar refractivity (Wildman–Crippen MR) is 67.8 cm³/mol. The summed E-state index contributed by atoms with van der Waals surface area (Å²) in [6.45, 7) is 10.9. The molecular formula is C11H21N3S. The van der Waals surface area contributed by atoms with Crippen LogP contribution in [0.4, 0.5) is 5.13 Å². The summed E-state index contributed by atoms with van der Waals surface area (Å²) in [5.41, 5.74) is 0. The van der Waals surface area contributed by atoms with Crippen LogP contribution in [0.15, 0.2) is 6.20 Å². The summed E-state index contributed by atoms with van der Waals surface area (Å²) in [4.78, 5) is 8.08. The van der Waals surface area contributed by atoms with Crippen LogP contribution in [0.3, 0.4) is 0 Å². The summed E-state index contributed by atoms with van der Waals surface area (Å²) < 4.78 is 0. The molecular weight excluding hydrogens is 206 g/mol. The van der Waals surface area contributed by atoms with Gasteiger partial charge in [0.05, 0.1) is 0 Å². The van der Waals surface area contributed by atoms with E-state index in [4.69, 9.17) is 0 Å². The fraction of sp³-hybridized carbons (Fsp3) is 0.727. The minimum Gasteiger partial charge on any atom is -0.360 e. The first-order valence-electron chi connectivity index (χ1n) is 5.71. The van der Waals surface area contributed by atoms with Crippen LogP contribution in [0.2, 0.25) is 0 Å². The van der Waals surface area contributed by atoms with Gasteiger partial charge in [-0.15, -0.1) is 11.3 Å². The maximum absolute atomic E-state index is 4.32. The molecule has 4 heteroatoms. The lowest BCUT2D eigenvalue weighted by Gasteiger charge is -2.17. The second-order valence-corrected chi connectivity index (χ2v) is 4.55. The van der Waals surface area contributed by atoms with Gasteiger partial charge in [0, 0.05) is 24.2 Å². The van der Waals surface area contributed by atoms with Gasteiger partial charge < -0.3 is 10.2 Å². The van der Waals surface area contributed by atoms with Crippen molar-refractivity contribution in [2.45, 2.75) is 27.2 Å². The highest BCUT2D eigenvalue weighted by Crippen LogP contribution is 2.17. The second kappa shape index (κ2) is 6.80. The van der Waals surface area contributed by atoms with Gasteiger partial charge in [-0.3, -0.25) is 0 Å². The first-order valence-corrected chi connectivity index (χ1v) is 6.52. The Kier molecular flexibility index (Phi) is 5.65.